The molecule has 1 heterocycles. The number of fused-ring (bicyclic) bond motifs is 1. The van der Waals surface area contributed by atoms with Crippen LogP contribution >= 0.6 is 27.7 Å². The Labute approximate surface area is 165 Å². The first-order chi connectivity index (χ1) is 12.5. The molecule has 0 atom stereocenters. The topological polar surface area (TPSA) is 59.9 Å². The number of carbonyl (C=O) groups is 1. The molecule has 136 valence electrons. The predicted octanol–water partition coefficient (Wildman–Crippen LogP) is 4.18. The molecule has 0 aromatic heterocycles. The highest BCUT2D eigenvalue weighted by atomic mass is 79.9. The van der Waals surface area contributed by atoms with Crippen LogP contribution in [0.25, 0.3) is 0 Å². The van der Waals surface area contributed by atoms with E-state index in [-0.39, 0.29) is 12.7 Å². The van der Waals surface area contributed by atoms with Crippen molar-refractivity contribution in [3.63, 3.8) is 0 Å². The Morgan fingerprint density at radius 3 is 2.62 bits per heavy atom. The van der Waals surface area contributed by atoms with Crippen LogP contribution in [-0.4, -0.2) is 24.7 Å². The van der Waals surface area contributed by atoms with E-state index in [2.05, 4.69) is 58.5 Å². The van der Waals surface area contributed by atoms with Gasteiger partial charge < -0.3 is 9.47 Å². The Morgan fingerprint density at radius 2 is 1.88 bits per heavy atom. The number of hydrazone groups is 1. The average molecular weight is 435 g/mol. The molecule has 0 fully saturated rings. The van der Waals surface area contributed by atoms with Gasteiger partial charge in [-0.25, -0.2) is 5.43 Å². The summed E-state index contributed by atoms with van der Waals surface area (Å²) in [6.07, 6.45) is 1.58. The van der Waals surface area contributed by atoms with Crippen LogP contribution in [-0.2, 0) is 10.5 Å². The van der Waals surface area contributed by atoms with E-state index >= 15 is 0 Å². The third kappa shape index (κ3) is 5.02. The van der Waals surface area contributed by atoms with Crippen LogP contribution in [0, 0.1) is 13.8 Å². The molecule has 0 unspecified atom stereocenters. The number of ether oxygens (including phenoxy) is 2. The Morgan fingerprint density at radius 1 is 1.19 bits per heavy atom. The maximum atomic E-state index is 11.9. The third-order valence-electron chi connectivity index (χ3n) is 3.67. The van der Waals surface area contributed by atoms with Crippen molar-refractivity contribution in [1.29, 1.82) is 0 Å². The fourth-order valence-corrected chi connectivity index (χ4v) is 3.83. The average Bonchev–Trinajstić information content (AvgIpc) is 3.01. The molecule has 1 amide bonds. The molecule has 1 aliphatic heterocycles. The lowest BCUT2D eigenvalue weighted by atomic mass is 10.1. The lowest BCUT2D eigenvalue weighted by molar-refractivity contribution is -0.118. The van der Waals surface area contributed by atoms with E-state index in [1.807, 2.05) is 12.1 Å². The molecule has 2 aromatic rings. The second-order valence-corrected chi connectivity index (χ2v) is 7.85. The highest BCUT2D eigenvalue weighted by Gasteiger charge is 2.15. The van der Waals surface area contributed by atoms with Crippen molar-refractivity contribution >= 4 is 39.8 Å². The summed E-state index contributed by atoms with van der Waals surface area (Å²) in [5.41, 5.74) is 7.06. The van der Waals surface area contributed by atoms with E-state index in [4.69, 9.17) is 9.47 Å². The van der Waals surface area contributed by atoms with Gasteiger partial charge in [-0.3, -0.25) is 4.79 Å². The molecular weight excluding hydrogens is 416 g/mol. The molecule has 5 nitrogen and oxygen atoms in total. The van der Waals surface area contributed by atoms with Crippen molar-refractivity contribution < 1.29 is 14.3 Å². The number of thioether (sulfide) groups is 1. The Hall–Kier alpha value is -1.99. The maximum absolute atomic E-state index is 11.9. The lowest BCUT2D eigenvalue weighted by Crippen LogP contribution is -2.19. The van der Waals surface area contributed by atoms with E-state index in [1.165, 1.54) is 16.7 Å². The smallest absolute Gasteiger partial charge is 0.250 e. The summed E-state index contributed by atoms with van der Waals surface area (Å²) in [5.74, 6) is 2.39. The van der Waals surface area contributed by atoms with Crippen LogP contribution in [0.2, 0.25) is 0 Å². The summed E-state index contributed by atoms with van der Waals surface area (Å²) in [6.45, 7) is 4.38. The van der Waals surface area contributed by atoms with Crippen LogP contribution in [0.3, 0.4) is 0 Å². The predicted molar refractivity (Wildman–Crippen MR) is 108 cm³/mol. The number of halogens is 1. The van der Waals surface area contributed by atoms with Crippen molar-refractivity contribution in [2.45, 2.75) is 19.6 Å². The number of benzene rings is 2. The first-order valence-electron chi connectivity index (χ1n) is 8.07. The second kappa shape index (κ2) is 8.60. The molecule has 7 heteroatoms. The molecule has 1 aliphatic rings. The van der Waals surface area contributed by atoms with Crippen LogP contribution < -0.4 is 14.9 Å². The molecule has 0 aliphatic carbocycles. The maximum Gasteiger partial charge on any atom is 0.250 e. The first kappa shape index (κ1) is 18.8. The van der Waals surface area contributed by atoms with Gasteiger partial charge in [0.25, 0.3) is 0 Å². The normalized spacial score (nSPS) is 12.6. The number of nitrogens with one attached hydrogen (secondary N) is 1. The highest BCUT2D eigenvalue weighted by molar-refractivity contribution is 9.10. The summed E-state index contributed by atoms with van der Waals surface area (Å²) < 4.78 is 11.5. The second-order valence-electron chi connectivity index (χ2n) is 6.01. The number of hydrogen-bond donors (Lipinski definition) is 1. The van der Waals surface area contributed by atoms with Gasteiger partial charge in [0.05, 0.1) is 12.0 Å². The molecular formula is C19H19BrN2O3S. The summed E-state index contributed by atoms with van der Waals surface area (Å²) in [4.78, 5) is 11.9. The minimum absolute atomic E-state index is 0.132. The van der Waals surface area contributed by atoms with Crippen molar-refractivity contribution in [3.05, 3.63) is 57.1 Å². The standard InChI is InChI=1S/C19H19BrN2O3S/c1-12-3-13(2)5-14(4-12)9-26-10-19(23)22-21-8-15-6-17-18(7-16(15)20)25-11-24-17/h3-8H,9-11H2,1-2H3,(H,22,23)/b21-8-. The van der Waals surface area contributed by atoms with Crippen LogP contribution in [0.5, 0.6) is 11.5 Å². The molecule has 0 saturated carbocycles. The Bertz CT molecular complexity index is 835. The van der Waals surface area contributed by atoms with E-state index in [9.17, 15) is 4.79 Å². The molecule has 2 aromatic carbocycles. The van der Waals surface area contributed by atoms with Crippen molar-refractivity contribution in [2.75, 3.05) is 12.5 Å². The highest BCUT2D eigenvalue weighted by Crippen LogP contribution is 2.36. The Kier molecular flexibility index (Phi) is 6.21. The number of carbonyl (C=O) groups excluding carboxylic acids is 1. The van der Waals surface area contributed by atoms with Crippen LogP contribution in [0.4, 0.5) is 0 Å². The molecule has 0 radical (unpaired) electrons. The molecule has 1 N–H and O–H groups in total. The molecule has 3 rings (SSSR count). The van der Waals surface area contributed by atoms with E-state index in [1.54, 1.807) is 18.0 Å². The van der Waals surface area contributed by atoms with E-state index in [0.29, 0.717) is 17.3 Å². The Balaban J connectivity index is 1.47. The monoisotopic (exact) mass is 434 g/mol. The third-order valence-corrected chi connectivity index (χ3v) is 5.36. The van der Waals surface area contributed by atoms with Gasteiger partial charge in [0.1, 0.15) is 0 Å². The number of rotatable bonds is 6. The minimum Gasteiger partial charge on any atom is -0.454 e. The van der Waals surface area contributed by atoms with Gasteiger partial charge in [0.15, 0.2) is 11.5 Å². The molecule has 0 spiro atoms. The SMILES string of the molecule is Cc1cc(C)cc(CSCC(=O)N/N=C\c2cc3c(cc2Br)OCO3)c1. The van der Waals surface area contributed by atoms with Crippen molar-refractivity contribution in [1.82, 2.24) is 5.43 Å². The lowest BCUT2D eigenvalue weighted by Gasteiger charge is -2.05. The summed E-state index contributed by atoms with van der Waals surface area (Å²) in [7, 11) is 0. The van der Waals surface area contributed by atoms with Crippen LogP contribution in [0.1, 0.15) is 22.3 Å². The summed E-state index contributed by atoms with van der Waals surface area (Å²) in [5, 5.41) is 4.02. The van der Waals surface area contributed by atoms with E-state index in [0.717, 1.165) is 15.8 Å². The van der Waals surface area contributed by atoms with Gasteiger partial charge in [0.2, 0.25) is 12.7 Å². The summed E-state index contributed by atoms with van der Waals surface area (Å²) >= 11 is 5.02. The molecule has 0 saturated heterocycles. The van der Waals surface area contributed by atoms with Gasteiger partial charge in [-0.05, 0) is 47.5 Å². The van der Waals surface area contributed by atoms with Gasteiger partial charge in [-0.2, -0.15) is 5.10 Å². The van der Waals surface area contributed by atoms with Crippen LogP contribution in [0.15, 0.2) is 39.9 Å². The zero-order valence-electron chi connectivity index (χ0n) is 14.5. The zero-order chi connectivity index (χ0) is 18.5. The quantitative estimate of drug-likeness (QED) is 0.547. The van der Waals surface area contributed by atoms with Crippen molar-refractivity contribution in [2.24, 2.45) is 5.10 Å². The minimum atomic E-state index is -0.132. The van der Waals surface area contributed by atoms with Gasteiger partial charge in [0, 0.05) is 15.8 Å². The number of aryl methyl sites for hydroxylation is 2. The first-order valence-corrected chi connectivity index (χ1v) is 10.0. The number of hydrogen-bond acceptors (Lipinski definition) is 5. The van der Waals surface area contributed by atoms with E-state index < -0.39 is 0 Å². The fraction of sp³-hybridized carbons (Fsp3) is 0.263. The number of amides is 1. The zero-order valence-corrected chi connectivity index (χ0v) is 16.9. The van der Waals surface area contributed by atoms with Crippen molar-refractivity contribution in [3.8, 4) is 11.5 Å². The molecule has 26 heavy (non-hydrogen) atoms. The summed E-state index contributed by atoms with van der Waals surface area (Å²) in [6, 6.07) is 10.1. The van der Waals surface area contributed by atoms with Gasteiger partial charge in [-0.1, -0.05) is 29.3 Å². The largest absolute Gasteiger partial charge is 0.454 e. The number of nitrogens with zero attached hydrogens (tertiary/aromatic N) is 1. The molecule has 0 bridgehead atoms. The van der Waals surface area contributed by atoms with Gasteiger partial charge >= 0.3 is 0 Å². The van der Waals surface area contributed by atoms with Gasteiger partial charge in [-0.15, -0.1) is 11.8 Å². The fourth-order valence-electron chi connectivity index (χ4n) is 2.65.